The third-order valence-corrected chi connectivity index (χ3v) is 3.92. The van der Waals surface area contributed by atoms with Gasteiger partial charge in [-0.15, -0.1) is 0 Å². The third-order valence-electron chi connectivity index (χ3n) is 3.92. The Balaban J connectivity index is 1.57. The van der Waals surface area contributed by atoms with Gasteiger partial charge < -0.3 is 29.5 Å². The fourth-order valence-corrected chi connectivity index (χ4v) is 2.61. The number of nitrogens with zero attached hydrogens (tertiary/aromatic N) is 3. The van der Waals surface area contributed by atoms with E-state index in [1.165, 1.54) is 0 Å². The van der Waals surface area contributed by atoms with E-state index >= 15 is 0 Å². The summed E-state index contributed by atoms with van der Waals surface area (Å²) in [5, 5.41) is 9.15. The first kappa shape index (κ1) is 18.6. The molecule has 1 aromatic heterocycles. The maximum atomic E-state index is 12.1. The van der Waals surface area contributed by atoms with Crippen molar-refractivity contribution in [3.8, 4) is 5.75 Å². The summed E-state index contributed by atoms with van der Waals surface area (Å²) >= 11 is 0. The topological polar surface area (TPSA) is 119 Å². The van der Waals surface area contributed by atoms with Gasteiger partial charge in [0.25, 0.3) is 5.91 Å². The smallest absolute Gasteiger partial charge is 0.319 e. The number of likely N-dealkylation sites (N-methyl/N-ethyl adjacent to an activating group) is 1. The predicted octanol–water partition coefficient (Wildman–Crippen LogP) is 1.33. The van der Waals surface area contributed by atoms with Crippen LogP contribution in [0.5, 0.6) is 5.75 Å². The maximum absolute atomic E-state index is 12.1. The second-order valence-electron chi connectivity index (χ2n) is 5.76. The normalized spacial score (nSPS) is 13.1. The van der Waals surface area contributed by atoms with Crippen LogP contribution in [0.25, 0.3) is 0 Å². The quantitative estimate of drug-likeness (QED) is 0.749. The van der Waals surface area contributed by atoms with Crippen LogP contribution in [0.1, 0.15) is 18.6 Å². The molecule has 0 saturated carbocycles. The predicted molar refractivity (Wildman–Crippen MR) is 95.7 cm³/mol. The average Bonchev–Trinajstić information content (AvgIpc) is 3.12. The summed E-state index contributed by atoms with van der Waals surface area (Å²) in [6.45, 7) is 3.01. The van der Waals surface area contributed by atoms with Crippen LogP contribution >= 0.6 is 0 Å². The summed E-state index contributed by atoms with van der Waals surface area (Å²) in [5.74, 6) is 1.31. The number of urea groups is 1. The summed E-state index contributed by atoms with van der Waals surface area (Å²) < 4.78 is 15.4. The van der Waals surface area contributed by atoms with Crippen LogP contribution < -0.4 is 20.3 Å². The highest BCUT2D eigenvalue weighted by Crippen LogP contribution is 2.34. The zero-order valence-electron chi connectivity index (χ0n) is 15.2. The van der Waals surface area contributed by atoms with E-state index in [4.69, 9.17) is 14.0 Å². The first-order valence-electron chi connectivity index (χ1n) is 8.53. The molecule has 0 fully saturated rings. The van der Waals surface area contributed by atoms with E-state index in [9.17, 15) is 9.59 Å². The minimum Gasteiger partial charge on any atom is -0.482 e. The highest BCUT2D eigenvalue weighted by molar-refractivity contribution is 5.99. The number of aromatic nitrogens is 2. The minimum atomic E-state index is -0.433. The molecule has 3 rings (SSSR count). The van der Waals surface area contributed by atoms with Crippen LogP contribution in [0.15, 0.2) is 22.7 Å². The first-order chi connectivity index (χ1) is 13.1. The molecule has 10 heteroatoms. The van der Waals surface area contributed by atoms with Crippen molar-refractivity contribution in [1.29, 1.82) is 0 Å². The number of amides is 3. The van der Waals surface area contributed by atoms with Crippen molar-refractivity contribution >= 4 is 23.3 Å². The molecule has 1 aromatic carbocycles. The number of fused-ring (bicyclic) bond motifs is 1. The van der Waals surface area contributed by atoms with Gasteiger partial charge in [-0.1, -0.05) is 5.16 Å². The van der Waals surface area contributed by atoms with Crippen LogP contribution in [0.3, 0.4) is 0 Å². The van der Waals surface area contributed by atoms with E-state index in [-0.39, 0.29) is 19.1 Å². The molecule has 2 N–H and O–H groups in total. The maximum Gasteiger partial charge on any atom is 0.319 e. The second-order valence-corrected chi connectivity index (χ2v) is 5.76. The molecular weight excluding hydrogens is 354 g/mol. The highest BCUT2D eigenvalue weighted by atomic mass is 16.5. The molecule has 3 amide bonds. The van der Waals surface area contributed by atoms with Gasteiger partial charge in [-0.2, -0.15) is 4.98 Å². The summed E-state index contributed by atoms with van der Waals surface area (Å²) in [5.41, 5.74) is 1.17. The van der Waals surface area contributed by atoms with Crippen LogP contribution in [0.2, 0.25) is 0 Å². The van der Waals surface area contributed by atoms with E-state index in [1.807, 2.05) is 6.92 Å². The van der Waals surface area contributed by atoms with Crippen molar-refractivity contribution in [2.24, 2.45) is 0 Å². The van der Waals surface area contributed by atoms with Gasteiger partial charge in [-0.25, -0.2) is 4.79 Å². The number of anilines is 2. The number of methoxy groups -OCH3 is 1. The third kappa shape index (κ3) is 4.53. The summed E-state index contributed by atoms with van der Waals surface area (Å²) in [7, 11) is 1.59. The number of ether oxygens (including phenoxy) is 2. The molecule has 0 bridgehead atoms. The van der Waals surface area contributed by atoms with Gasteiger partial charge >= 0.3 is 6.03 Å². The lowest BCUT2D eigenvalue weighted by molar-refractivity contribution is -0.121. The Bertz CT molecular complexity index is 822. The molecule has 2 heterocycles. The summed E-state index contributed by atoms with van der Waals surface area (Å²) in [4.78, 5) is 29.8. The summed E-state index contributed by atoms with van der Waals surface area (Å²) in [6.07, 6.45) is 0.538. The van der Waals surface area contributed by atoms with Crippen LogP contribution in [-0.2, 0) is 22.5 Å². The molecule has 144 valence electrons. The van der Waals surface area contributed by atoms with Crippen molar-refractivity contribution in [2.45, 2.75) is 19.9 Å². The number of hydrogen-bond donors (Lipinski definition) is 2. The molecule has 27 heavy (non-hydrogen) atoms. The van der Waals surface area contributed by atoms with Gasteiger partial charge in [0.2, 0.25) is 5.89 Å². The molecule has 10 nitrogen and oxygen atoms in total. The largest absolute Gasteiger partial charge is 0.482 e. The van der Waals surface area contributed by atoms with Crippen molar-refractivity contribution in [3.63, 3.8) is 0 Å². The molecule has 1 aliphatic heterocycles. The molecule has 1 aliphatic rings. The van der Waals surface area contributed by atoms with Crippen LogP contribution in [0, 0.1) is 0 Å². The second kappa shape index (κ2) is 8.49. The van der Waals surface area contributed by atoms with E-state index in [0.29, 0.717) is 48.4 Å². The van der Waals surface area contributed by atoms with Gasteiger partial charge in [0.1, 0.15) is 5.75 Å². The minimum absolute atomic E-state index is 0.0185. The molecule has 0 unspecified atom stereocenters. The fraction of sp³-hybridized carbons (Fsp3) is 0.412. The van der Waals surface area contributed by atoms with Crippen molar-refractivity contribution in [2.75, 3.05) is 37.1 Å². The Labute approximate surface area is 155 Å². The molecule has 0 atom stereocenters. The van der Waals surface area contributed by atoms with Gasteiger partial charge in [-0.3, -0.25) is 4.79 Å². The van der Waals surface area contributed by atoms with Gasteiger partial charge in [0.05, 0.1) is 18.8 Å². The lowest BCUT2D eigenvalue weighted by atomic mass is 10.2. The average molecular weight is 375 g/mol. The number of hydrogen-bond acceptors (Lipinski definition) is 7. The number of nitrogens with one attached hydrogen (secondary N) is 2. The van der Waals surface area contributed by atoms with Crippen LogP contribution in [-0.4, -0.2) is 48.9 Å². The monoisotopic (exact) mass is 375 g/mol. The molecule has 0 spiro atoms. The van der Waals surface area contributed by atoms with Crippen molar-refractivity contribution in [3.05, 3.63) is 29.9 Å². The van der Waals surface area contributed by atoms with Crippen molar-refractivity contribution < 1.29 is 23.6 Å². The fourth-order valence-electron chi connectivity index (χ4n) is 2.61. The van der Waals surface area contributed by atoms with E-state index in [1.54, 1.807) is 30.2 Å². The molecule has 0 radical (unpaired) electrons. The van der Waals surface area contributed by atoms with Gasteiger partial charge in [0.15, 0.2) is 12.4 Å². The standard InChI is InChI=1S/C17H21N5O5/c1-3-22-12-8-11(4-5-13(12)26-10-16(22)23)19-17(24)18-9-15-20-14(21-27-15)6-7-25-2/h4-5,8H,3,6-7,9-10H2,1-2H3,(H2,18,19,24). The zero-order chi connectivity index (χ0) is 19.2. The lowest BCUT2D eigenvalue weighted by Gasteiger charge is -2.28. The molecule has 2 aromatic rings. The van der Waals surface area contributed by atoms with Crippen LogP contribution in [0.4, 0.5) is 16.2 Å². The Kier molecular flexibility index (Phi) is 5.87. The van der Waals surface area contributed by atoms with E-state index in [2.05, 4.69) is 20.8 Å². The van der Waals surface area contributed by atoms with Gasteiger partial charge in [0, 0.05) is 25.8 Å². The Morgan fingerprint density at radius 3 is 3.04 bits per heavy atom. The Morgan fingerprint density at radius 1 is 1.41 bits per heavy atom. The zero-order valence-corrected chi connectivity index (χ0v) is 15.2. The number of carbonyl (C=O) groups is 2. The van der Waals surface area contributed by atoms with Crippen molar-refractivity contribution in [1.82, 2.24) is 15.5 Å². The number of rotatable bonds is 7. The van der Waals surface area contributed by atoms with E-state index < -0.39 is 6.03 Å². The molecular formula is C17H21N5O5. The Morgan fingerprint density at radius 2 is 2.26 bits per heavy atom. The highest BCUT2D eigenvalue weighted by Gasteiger charge is 2.24. The summed E-state index contributed by atoms with van der Waals surface area (Å²) in [6, 6.07) is 4.70. The van der Waals surface area contributed by atoms with E-state index in [0.717, 1.165) is 0 Å². The Hall–Kier alpha value is -3.14. The molecule has 0 aliphatic carbocycles. The van der Waals surface area contributed by atoms with Gasteiger partial charge in [-0.05, 0) is 25.1 Å². The SMILES string of the molecule is CCN1C(=O)COc2ccc(NC(=O)NCc3nc(CCOC)no3)cc21. The first-order valence-corrected chi connectivity index (χ1v) is 8.53. The number of carbonyl (C=O) groups excluding carboxylic acids is 2. The lowest BCUT2D eigenvalue weighted by Crippen LogP contribution is -2.38. The number of benzene rings is 1. The molecule has 0 saturated heterocycles.